The van der Waals surface area contributed by atoms with Gasteiger partial charge in [-0.3, -0.25) is 0 Å². The molecule has 106 valence electrons. The minimum Gasteiger partial charge on any atom is -0.342 e. The van der Waals surface area contributed by atoms with Crippen LogP contribution in [-0.2, 0) is 6.42 Å². The predicted molar refractivity (Wildman–Crippen MR) is 83.0 cm³/mol. The van der Waals surface area contributed by atoms with Gasteiger partial charge >= 0.3 is 0 Å². The van der Waals surface area contributed by atoms with Crippen molar-refractivity contribution in [3.8, 4) is 0 Å². The first-order chi connectivity index (χ1) is 9.63. The molecule has 0 atom stereocenters. The second kappa shape index (κ2) is 6.53. The van der Waals surface area contributed by atoms with Crippen LogP contribution in [-0.4, -0.2) is 13.1 Å². The normalized spacial score (nSPS) is 10.6. The van der Waals surface area contributed by atoms with E-state index in [1.54, 1.807) is 12.1 Å². The molecule has 0 aliphatic rings. The highest BCUT2D eigenvalue weighted by molar-refractivity contribution is 5.64. The molecule has 0 saturated carbocycles. The highest BCUT2D eigenvalue weighted by atomic mass is 19.1. The first-order valence-corrected chi connectivity index (χ1v) is 6.97. The molecule has 0 aliphatic heterocycles. The van der Waals surface area contributed by atoms with E-state index < -0.39 is 0 Å². The summed E-state index contributed by atoms with van der Waals surface area (Å²) >= 11 is 0. The number of anilines is 2. The Kier molecular flexibility index (Phi) is 4.74. The standard InChI is InChI=1S/C17H21FN2/c1-3-20(16-6-4-13(2)5-7-16)17-11-14(8-9-19)10-15(18)12-17/h4-7,10-12H,3,8-9,19H2,1-2H3. The molecule has 0 amide bonds. The maximum absolute atomic E-state index is 13.8. The Balaban J connectivity index is 2.38. The Morgan fingerprint density at radius 3 is 2.35 bits per heavy atom. The van der Waals surface area contributed by atoms with Crippen LogP contribution in [0.1, 0.15) is 18.1 Å². The maximum atomic E-state index is 13.8. The predicted octanol–water partition coefficient (Wildman–Crippen LogP) is 3.79. The maximum Gasteiger partial charge on any atom is 0.125 e. The number of hydrogen-bond donors (Lipinski definition) is 1. The molecular formula is C17H21FN2. The summed E-state index contributed by atoms with van der Waals surface area (Å²) in [7, 11) is 0. The molecule has 2 aromatic carbocycles. The molecule has 2 rings (SSSR count). The molecule has 0 radical (unpaired) electrons. The summed E-state index contributed by atoms with van der Waals surface area (Å²) in [6.45, 7) is 5.43. The van der Waals surface area contributed by atoms with E-state index in [2.05, 4.69) is 43.0 Å². The van der Waals surface area contributed by atoms with Crippen molar-refractivity contribution < 1.29 is 4.39 Å². The fourth-order valence-electron chi connectivity index (χ4n) is 2.34. The smallest absolute Gasteiger partial charge is 0.125 e. The van der Waals surface area contributed by atoms with E-state index in [9.17, 15) is 4.39 Å². The third kappa shape index (κ3) is 3.36. The molecule has 3 heteroatoms. The first-order valence-electron chi connectivity index (χ1n) is 6.97. The summed E-state index contributed by atoms with van der Waals surface area (Å²) in [5, 5.41) is 0. The summed E-state index contributed by atoms with van der Waals surface area (Å²) in [5.41, 5.74) is 9.66. The Labute approximate surface area is 120 Å². The zero-order chi connectivity index (χ0) is 14.5. The summed E-state index contributed by atoms with van der Waals surface area (Å²) in [6.07, 6.45) is 0.691. The van der Waals surface area contributed by atoms with Crippen LogP contribution in [0.4, 0.5) is 15.8 Å². The van der Waals surface area contributed by atoms with Crippen LogP contribution in [0.3, 0.4) is 0 Å². The van der Waals surface area contributed by atoms with Crippen molar-refractivity contribution in [3.63, 3.8) is 0 Å². The summed E-state index contributed by atoms with van der Waals surface area (Å²) in [6, 6.07) is 13.4. The number of aryl methyl sites for hydroxylation is 1. The Morgan fingerprint density at radius 2 is 1.75 bits per heavy atom. The lowest BCUT2D eigenvalue weighted by Crippen LogP contribution is -2.16. The highest BCUT2D eigenvalue weighted by Crippen LogP contribution is 2.27. The number of nitrogens with two attached hydrogens (primary N) is 1. The van der Waals surface area contributed by atoms with Gasteiger partial charge in [0.1, 0.15) is 5.82 Å². The van der Waals surface area contributed by atoms with Gasteiger partial charge < -0.3 is 10.6 Å². The molecule has 0 spiro atoms. The van der Waals surface area contributed by atoms with Gasteiger partial charge in [0, 0.05) is 17.9 Å². The van der Waals surface area contributed by atoms with Crippen LogP contribution in [0, 0.1) is 12.7 Å². The van der Waals surface area contributed by atoms with E-state index in [0.717, 1.165) is 23.5 Å². The molecule has 2 nitrogen and oxygen atoms in total. The minimum atomic E-state index is -0.212. The molecule has 0 aromatic heterocycles. The van der Waals surface area contributed by atoms with Gasteiger partial charge in [-0.25, -0.2) is 4.39 Å². The van der Waals surface area contributed by atoms with Crippen molar-refractivity contribution >= 4 is 11.4 Å². The third-order valence-electron chi connectivity index (χ3n) is 3.35. The van der Waals surface area contributed by atoms with Crippen molar-refractivity contribution in [2.75, 3.05) is 18.0 Å². The Morgan fingerprint density at radius 1 is 1.05 bits per heavy atom. The average Bonchev–Trinajstić information content (AvgIpc) is 2.41. The largest absolute Gasteiger partial charge is 0.342 e. The van der Waals surface area contributed by atoms with Crippen molar-refractivity contribution in [1.29, 1.82) is 0 Å². The quantitative estimate of drug-likeness (QED) is 0.897. The van der Waals surface area contributed by atoms with Gasteiger partial charge in [-0.1, -0.05) is 17.7 Å². The van der Waals surface area contributed by atoms with Crippen molar-refractivity contribution in [3.05, 3.63) is 59.4 Å². The Hall–Kier alpha value is -1.87. The first kappa shape index (κ1) is 14.5. The summed E-state index contributed by atoms with van der Waals surface area (Å²) in [5.74, 6) is -0.212. The van der Waals surface area contributed by atoms with Gasteiger partial charge in [-0.05, 0) is 62.7 Å². The minimum absolute atomic E-state index is 0.212. The molecule has 0 heterocycles. The SMILES string of the molecule is CCN(c1ccc(C)cc1)c1cc(F)cc(CCN)c1. The molecule has 2 aromatic rings. The summed E-state index contributed by atoms with van der Waals surface area (Å²) in [4.78, 5) is 2.10. The second-order valence-electron chi connectivity index (χ2n) is 4.94. The second-order valence-corrected chi connectivity index (χ2v) is 4.94. The third-order valence-corrected chi connectivity index (χ3v) is 3.35. The Bertz CT molecular complexity index is 564. The van der Waals surface area contributed by atoms with E-state index in [0.29, 0.717) is 13.0 Å². The zero-order valence-corrected chi connectivity index (χ0v) is 12.1. The van der Waals surface area contributed by atoms with Gasteiger partial charge in [0.2, 0.25) is 0 Å². The molecule has 0 aliphatic carbocycles. The van der Waals surface area contributed by atoms with Crippen LogP contribution in [0.25, 0.3) is 0 Å². The molecule has 0 unspecified atom stereocenters. The number of hydrogen-bond acceptors (Lipinski definition) is 2. The van der Waals surface area contributed by atoms with E-state index >= 15 is 0 Å². The van der Waals surface area contributed by atoms with Crippen LogP contribution in [0.15, 0.2) is 42.5 Å². The fourth-order valence-corrected chi connectivity index (χ4v) is 2.34. The lowest BCUT2D eigenvalue weighted by atomic mass is 10.1. The highest BCUT2D eigenvalue weighted by Gasteiger charge is 2.09. The lowest BCUT2D eigenvalue weighted by molar-refractivity contribution is 0.625. The van der Waals surface area contributed by atoms with Gasteiger partial charge in [-0.15, -0.1) is 0 Å². The van der Waals surface area contributed by atoms with Gasteiger partial charge in [0.05, 0.1) is 0 Å². The number of halogens is 1. The van der Waals surface area contributed by atoms with Crippen LogP contribution in [0.2, 0.25) is 0 Å². The average molecular weight is 272 g/mol. The molecular weight excluding hydrogens is 251 g/mol. The number of benzene rings is 2. The lowest BCUT2D eigenvalue weighted by Gasteiger charge is -2.24. The zero-order valence-electron chi connectivity index (χ0n) is 12.1. The number of rotatable bonds is 5. The van der Waals surface area contributed by atoms with E-state index in [4.69, 9.17) is 5.73 Å². The monoisotopic (exact) mass is 272 g/mol. The van der Waals surface area contributed by atoms with Gasteiger partial charge in [0.15, 0.2) is 0 Å². The molecule has 0 bridgehead atoms. The number of nitrogens with zero attached hydrogens (tertiary/aromatic N) is 1. The van der Waals surface area contributed by atoms with Crippen molar-refractivity contribution in [1.82, 2.24) is 0 Å². The van der Waals surface area contributed by atoms with E-state index in [1.807, 2.05) is 6.07 Å². The van der Waals surface area contributed by atoms with E-state index in [-0.39, 0.29) is 5.82 Å². The fraction of sp³-hybridized carbons (Fsp3) is 0.294. The van der Waals surface area contributed by atoms with Crippen LogP contribution in [0.5, 0.6) is 0 Å². The van der Waals surface area contributed by atoms with Crippen molar-refractivity contribution in [2.24, 2.45) is 5.73 Å². The van der Waals surface area contributed by atoms with Crippen molar-refractivity contribution in [2.45, 2.75) is 20.3 Å². The molecule has 0 fully saturated rings. The van der Waals surface area contributed by atoms with Crippen LogP contribution < -0.4 is 10.6 Å². The van der Waals surface area contributed by atoms with E-state index in [1.165, 1.54) is 5.56 Å². The molecule has 2 N–H and O–H groups in total. The summed E-state index contributed by atoms with van der Waals surface area (Å²) < 4.78 is 13.8. The topological polar surface area (TPSA) is 29.3 Å². The van der Waals surface area contributed by atoms with Gasteiger partial charge in [-0.2, -0.15) is 0 Å². The molecule has 0 saturated heterocycles. The molecule has 20 heavy (non-hydrogen) atoms. The van der Waals surface area contributed by atoms with Crippen LogP contribution >= 0.6 is 0 Å². The van der Waals surface area contributed by atoms with Gasteiger partial charge in [0.25, 0.3) is 0 Å².